The zero-order valence-electron chi connectivity index (χ0n) is 12.3. The number of hydrogen-bond acceptors (Lipinski definition) is 4. The summed E-state index contributed by atoms with van der Waals surface area (Å²) >= 11 is 0. The van der Waals surface area contributed by atoms with E-state index in [0.29, 0.717) is 19.3 Å². The van der Waals surface area contributed by atoms with Crippen molar-refractivity contribution in [3.63, 3.8) is 0 Å². The van der Waals surface area contributed by atoms with E-state index in [0.717, 1.165) is 18.9 Å². The van der Waals surface area contributed by atoms with Gasteiger partial charge in [-0.05, 0) is 46.4 Å². The zero-order chi connectivity index (χ0) is 13.7. The molecule has 1 fully saturated rings. The van der Waals surface area contributed by atoms with Crippen molar-refractivity contribution in [1.29, 1.82) is 0 Å². The lowest BCUT2D eigenvalue weighted by atomic mass is 9.93. The predicted molar refractivity (Wildman–Crippen MR) is 72.5 cm³/mol. The average molecular weight is 257 g/mol. The van der Waals surface area contributed by atoms with Crippen molar-refractivity contribution < 1.29 is 9.53 Å². The van der Waals surface area contributed by atoms with Gasteiger partial charge in [0.1, 0.15) is 6.61 Å². The normalized spacial score (nSPS) is 25.2. The van der Waals surface area contributed by atoms with Crippen molar-refractivity contribution in [1.82, 2.24) is 14.7 Å². The summed E-state index contributed by atoms with van der Waals surface area (Å²) in [5, 5.41) is 0. The maximum Gasteiger partial charge on any atom is 0.410 e. The first kappa shape index (κ1) is 15.2. The van der Waals surface area contributed by atoms with Gasteiger partial charge in [0.25, 0.3) is 0 Å². The van der Waals surface area contributed by atoms with Crippen molar-refractivity contribution in [3.8, 4) is 0 Å². The lowest BCUT2D eigenvalue weighted by Gasteiger charge is -2.35. The van der Waals surface area contributed by atoms with Crippen LogP contribution in [0.3, 0.4) is 0 Å². The lowest BCUT2D eigenvalue weighted by molar-refractivity contribution is 0.0478. The third-order valence-electron chi connectivity index (χ3n) is 3.48. The van der Waals surface area contributed by atoms with Gasteiger partial charge >= 0.3 is 6.09 Å². The molecule has 0 aliphatic carbocycles. The first-order chi connectivity index (χ1) is 8.40. The van der Waals surface area contributed by atoms with E-state index in [4.69, 9.17) is 4.74 Å². The SMILES string of the molecule is CC1CCN(C)C(COC(=O)N(C)CN(C)C)C1. The van der Waals surface area contributed by atoms with Gasteiger partial charge in [-0.3, -0.25) is 9.80 Å². The summed E-state index contributed by atoms with van der Waals surface area (Å²) in [5.74, 6) is 0.726. The number of carbonyl (C=O) groups is 1. The van der Waals surface area contributed by atoms with Crippen LogP contribution in [0.1, 0.15) is 19.8 Å². The first-order valence-corrected chi connectivity index (χ1v) is 6.63. The van der Waals surface area contributed by atoms with E-state index in [1.807, 2.05) is 19.0 Å². The van der Waals surface area contributed by atoms with Crippen LogP contribution in [0, 0.1) is 5.92 Å². The molecule has 0 aromatic rings. The Kier molecular flexibility index (Phi) is 5.88. The molecule has 1 aliphatic rings. The van der Waals surface area contributed by atoms with Crippen molar-refractivity contribution in [2.75, 3.05) is 48.0 Å². The van der Waals surface area contributed by atoms with Crippen LogP contribution in [0.5, 0.6) is 0 Å². The molecule has 2 atom stereocenters. The second-order valence-electron chi connectivity index (χ2n) is 5.76. The fourth-order valence-corrected chi connectivity index (χ4v) is 2.32. The third-order valence-corrected chi connectivity index (χ3v) is 3.48. The largest absolute Gasteiger partial charge is 0.448 e. The molecular weight excluding hydrogens is 230 g/mol. The summed E-state index contributed by atoms with van der Waals surface area (Å²) in [6, 6.07) is 0.366. The van der Waals surface area contributed by atoms with Gasteiger partial charge in [0, 0.05) is 13.1 Å². The van der Waals surface area contributed by atoms with Gasteiger partial charge in [0.05, 0.1) is 6.67 Å². The molecule has 2 unspecified atom stereocenters. The van der Waals surface area contributed by atoms with Gasteiger partial charge < -0.3 is 9.64 Å². The number of likely N-dealkylation sites (tertiary alicyclic amines) is 1. The van der Waals surface area contributed by atoms with Gasteiger partial charge in [-0.25, -0.2) is 4.79 Å². The standard InChI is InChI=1S/C13H27N3O2/c1-11-6-7-15(4)12(8-11)9-18-13(17)16(5)10-14(2)3/h11-12H,6-10H2,1-5H3. The molecule has 1 amide bonds. The highest BCUT2D eigenvalue weighted by atomic mass is 16.6. The summed E-state index contributed by atoms with van der Waals surface area (Å²) in [5.41, 5.74) is 0. The van der Waals surface area contributed by atoms with E-state index in [1.54, 1.807) is 11.9 Å². The molecular formula is C13H27N3O2. The Hall–Kier alpha value is -0.810. The van der Waals surface area contributed by atoms with Gasteiger partial charge in [-0.1, -0.05) is 6.92 Å². The van der Waals surface area contributed by atoms with E-state index in [1.165, 1.54) is 6.42 Å². The van der Waals surface area contributed by atoms with E-state index in [2.05, 4.69) is 18.9 Å². The van der Waals surface area contributed by atoms with Crippen LogP contribution in [0.4, 0.5) is 4.79 Å². The quantitative estimate of drug-likeness (QED) is 0.711. The number of amides is 1. The molecule has 5 heteroatoms. The zero-order valence-corrected chi connectivity index (χ0v) is 12.3. The summed E-state index contributed by atoms with van der Waals surface area (Å²) in [4.78, 5) is 17.6. The van der Waals surface area contributed by atoms with Crippen LogP contribution in [0.25, 0.3) is 0 Å². The monoisotopic (exact) mass is 257 g/mol. The molecule has 0 aromatic carbocycles. The van der Waals surface area contributed by atoms with Gasteiger partial charge in [0.15, 0.2) is 0 Å². The van der Waals surface area contributed by atoms with Gasteiger partial charge in [-0.2, -0.15) is 0 Å². The van der Waals surface area contributed by atoms with Crippen molar-refractivity contribution >= 4 is 6.09 Å². The minimum absolute atomic E-state index is 0.240. The summed E-state index contributed by atoms with van der Waals surface area (Å²) in [7, 11) is 7.73. The average Bonchev–Trinajstić information content (AvgIpc) is 2.29. The minimum atomic E-state index is -0.240. The Labute approximate surface area is 111 Å². The molecule has 0 aromatic heterocycles. The van der Waals surface area contributed by atoms with E-state index in [9.17, 15) is 4.79 Å². The molecule has 0 radical (unpaired) electrons. The van der Waals surface area contributed by atoms with Crippen molar-refractivity contribution in [2.24, 2.45) is 5.92 Å². The van der Waals surface area contributed by atoms with Crippen LogP contribution in [-0.2, 0) is 4.74 Å². The van der Waals surface area contributed by atoms with Gasteiger partial charge in [-0.15, -0.1) is 0 Å². The van der Waals surface area contributed by atoms with Crippen LogP contribution in [-0.4, -0.2) is 74.8 Å². The molecule has 0 N–H and O–H groups in total. The highest BCUT2D eigenvalue weighted by Crippen LogP contribution is 2.21. The number of hydrogen-bond donors (Lipinski definition) is 0. The Morgan fingerprint density at radius 2 is 2.06 bits per heavy atom. The van der Waals surface area contributed by atoms with Crippen molar-refractivity contribution in [3.05, 3.63) is 0 Å². The number of nitrogens with zero attached hydrogens (tertiary/aromatic N) is 3. The Bertz CT molecular complexity index is 271. The van der Waals surface area contributed by atoms with Gasteiger partial charge in [0.2, 0.25) is 0 Å². The minimum Gasteiger partial charge on any atom is -0.448 e. The number of likely N-dealkylation sites (N-methyl/N-ethyl adjacent to an activating group) is 1. The molecule has 0 bridgehead atoms. The van der Waals surface area contributed by atoms with Crippen molar-refractivity contribution in [2.45, 2.75) is 25.8 Å². The second-order valence-corrected chi connectivity index (χ2v) is 5.76. The van der Waals surface area contributed by atoms with E-state index >= 15 is 0 Å². The second kappa shape index (κ2) is 6.95. The maximum absolute atomic E-state index is 11.8. The number of piperidine rings is 1. The lowest BCUT2D eigenvalue weighted by Crippen LogP contribution is -2.44. The molecule has 5 nitrogen and oxygen atoms in total. The third kappa shape index (κ3) is 4.82. The molecule has 0 saturated carbocycles. The fraction of sp³-hybridized carbons (Fsp3) is 0.923. The molecule has 1 rings (SSSR count). The fourth-order valence-electron chi connectivity index (χ4n) is 2.32. The van der Waals surface area contributed by atoms with Crippen LogP contribution in [0.15, 0.2) is 0 Å². The van der Waals surface area contributed by atoms with Crippen LogP contribution in [0.2, 0.25) is 0 Å². The van der Waals surface area contributed by atoms with Crippen LogP contribution >= 0.6 is 0 Å². The molecule has 106 valence electrons. The Morgan fingerprint density at radius 3 is 2.67 bits per heavy atom. The maximum atomic E-state index is 11.8. The molecule has 1 heterocycles. The molecule has 18 heavy (non-hydrogen) atoms. The number of rotatable bonds is 4. The van der Waals surface area contributed by atoms with E-state index in [-0.39, 0.29) is 6.09 Å². The predicted octanol–water partition coefficient (Wildman–Crippen LogP) is 1.30. The Morgan fingerprint density at radius 1 is 1.39 bits per heavy atom. The molecule has 0 spiro atoms. The summed E-state index contributed by atoms with van der Waals surface area (Å²) in [6.45, 7) is 4.43. The highest BCUT2D eigenvalue weighted by molar-refractivity contribution is 5.67. The molecule has 1 aliphatic heterocycles. The smallest absolute Gasteiger partial charge is 0.410 e. The van der Waals surface area contributed by atoms with E-state index < -0.39 is 0 Å². The molecule has 1 saturated heterocycles. The Balaban J connectivity index is 2.32. The summed E-state index contributed by atoms with van der Waals surface area (Å²) in [6.07, 6.45) is 2.11. The topological polar surface area (TPSA) is 36.0 Å². The number of ether oxygens (including phenoxy) is 1. The first-order valence-electron chi connectivity index (χ1n) is 6.63. The van der Waals surface area contributed by atoms with Crippen LogP contribution < -0.4 is 0 Å². The highest BCUT2D eigenvalue weighted by Gasteiger charge is 2.25. The summed E-state index contributed by atoms with van der Waals surface area (Å²) < 4.78 is 5.38. The number of carbonyl (C=O) groups excluding carboxylic acids is 1.